The van der Waals surface area contributed by atoms with Gasteiger partial charge in [-0.05, 0) is 85.3 Å². The Hall–Kier alpha value is -1.44. The summed E-state index contributed by atoms with van der Waals surface area (Å²) in [5.74, 6) is 2.24. The van der Waals surface area contributed by atoms with E-state index < -0.39 is 0 Å². The molecule has 2 nitrogen and oxygen atoms in total. The number of Topliss-reactive ketones (excluding diaryl/α,β-unsaturated/α-hetero) is 1. The van der Waals surface area contributed by atoms with Gasteiger partial charge in [0, 0.05) is 6.42 Å². The summed E-state index contributed by atoms with van der Waals surface area (Å²) in [5.41, 5.74) is 3.86. The maximum atomic E-state index is 12.3. The molecule has 4 aliphatic rings. The second-order valence-electron chi connectivity index (χ2n) is 9.00. The Morgan fingerprint density at radius 2 is 1.92 bits per heavy atom. The van der Waals surface area contributed by atoms with Gasteiger partial charge in [0.2, 0.25) is 0 Å². The zero-order chi connectivity index (χ0) is 17.3. The molecule has 128 valence electrons. The second-order valence-corrected chi connectivity index (χ2v) is 9.00. The summed E-state index contributed by atoms with van der Waals surface area (Å²) in [6.07, 6.45) is 11.5. The Labute approximate surface area is 145 Å². The van der Waals surface area contributed by atoms with E-state index in [1.807, 2.05) is 6.08 Å². The quantitative estimate of drug-likeness (QED) is 0.693. The number of allylic oxidation sites excluding steroid dienone is 6. The van der Waals surface area contributed by atoms with E-state index in [0.29, 0.717) is 24.2 Å². The van der Waals surface area contributed by atoms with E-state index in [9.17, 15) is 9.59 Å². The molecule has 4 aliphatic carbocycles. The van der Waals surface area contributed by atoms with Gasteiger partial charge in [0.05, 0.1) is 0 Å². The SMILES string of the molecule is CC(=O)C1=C(C)C[C@H]2[C@@H]3C=CC4=CC(=O)CC[C@]4(C)[C@H]3CC[C@]12C. The minimum Gasteiger partial charge on any atom is -0.295 e. The highest BCUT2D eigenvalue weighted by molar-refractivity contribution is 5.96. The van der Waals surface area contributed by atoms with Crippen molar-refractivity contribution in [3.8, 4) is 0 Å². The molecule has 1 saturated carbocycles. The van der Waals surface area contributed by atoms with Crippen LogP contribution in [0.25, 0.3) is 0 Å². The van der Waals surface area contributed by atoms with Crippen LogP contribution < -0.4 is 0 Å². The fraction of sp³-hybridized carbons (Fsp3) is 0.636. The van der Waals surface area contributed by atoms with Crippen LogP contribution in [0.1, 0.15) is 59.8 Å². The first-order valence-corrected chi connectivity index (χ1v) is 9.42. The summed E-state index contributed by atoms with van der Waals surface area (Å²) in [7, 11) is 0. The zero-order valence-corrected chi connectivity index (χ0v) is 15.3. The Bertz CT molecular complexity index is 722. The largest absolute Gasteiger partial charge is 0.295 e. The summed E-state index contributed by atoms with van der Waals surface area (Å²) >= 11 is 0. The van der Waals surface area contributed by atoms with Crippen molar-refractivity contribution in [3.05, 3.63) is 34.9 Å². The minimum atomic E-state index is 0.0451. The first kappa shape index (κ1) is 16.1. The molecule has 0 N–H and O–H groups in total. The molecule has 0 unspecified atom stereocenters. The first-order chi connectivity index (χ1) is 11.3. The maximum absolute atomic E-state index is 12.3. The van der Waals surface area contributed by atoms with Crippen molar-refractivity contribution in [1.82, 2.24) is 0 Å². The molecule has 0 aromatic rings. The molecule has 5 atom stereocenters. The van der Waals surface area contributed by atoms with Crippen LogP contribution in [-0.4, -0.2) is 11.6 Å². The van der Waals surface area contributed by atoms with Crippen LogP contribution in [0.5, 0.6) is 0 Å². The number of carbonyl (C=O) groups excluding carboxylic acids is 2. The number of hydrogen-bond acceptors (Lipinski definition) is 2. The first-order valence-electron chi connectivity index (χ1n) is 9.42. The molecule has 1 fully saturated rings. The predicted molar refractivity (Wildman–Crippen MR) is 95.4 cm³/mol. The summed E-state index contributed by atoms with van der Waals surface area (Å²) in [6.45, 7) is 8.60. The van der Waals surface area contributed by atoms with E-state index in [1.165, 1.54) is 11.1 Å². The molecule has 0 radical (unpaired) electrons. The van der Waals surface area contributed by atoms with Gasteiger partial charge in [0.1, 0.15) is 0 Å². The molecule has 0 heterocycles. The average molecular weight is 324 g/mol. The topological polar surface area (TPSA) is 34.1 Å². The minimum absolute atomic E-state index is 0.0451. The van der Waals surface area contributed by atoms with Crippen LogP contribution in [0.3, 0.4) is 0 Å². The van der Waals surface area contributed by atoms with Gasteiger partial charge in [0.15, 0.2) is 11.6 Å². The van der Waals surface area contributed by atoms with Crippen molar-refractivity contribution in [1.29, 1.82) is 0 Å². The Morgan fingerprint density at radius 3 is 2.62 bits per heavy atom. The number of hydrogen-bond donors (Lipinski definition) is 0. The third-order valence-electron chi connectivity index (χ3n) is 7.78. The van der Waals surface area contributed by atoms with Crippen molar-refractivity contribution in [2.24, 2.45) is 28.6 Å². The van der Waals surface area contributed by atoms with Crippen molar-refractivity contribution in [2.75, 3.05) is 0 Å². The second kappa shape index (κ2) is 5.03. The van der Waals surface area contributed by atoms with E-state index in [2.05, 4.69) is 32.9 Å². The van der Waals surface area contributed by atoms with E-state index in [0.717, 1.165) is 31.3 Å². The van der Waals surface area contributed by atoms with Crippen LogP contribution >= 0.6 is 0 Å². The molecule has 4 rings (SSSR count). The third-order valence-corrected chi connectivity index (χ3v) is 7.78. The number of rotatable bonds is 1. The molecule has 0 spiro atoms. The van der Waals surface area contributed by atoms with Crippen LogP contribution in [0.15, 0.2) is 34.9 Å². The van der Waals surface area contributed by atoms with Gasteiger partial charge in [0.25, 0.3) is 0 Å². The lowest BCUT2D eigenvalue weighted by Gasteiger charge is -2.55. The van der Waals surface area contributed by atoms with Gasteiger partial charge in [-0.2, -0.15) is 0 Å². The highest BCUT2D eigenvalue weighted by atomic mass is 16.1. The van der Waals surface area contributed by atoms with Gasteiger partial charge in [-0.1, -0.05) is 31.6 Å². The number of carbonyl (C=O) groups is 2. The molecule has 0 bridgehead atoms. The molecule has 0 amide bonds. The van der Waals surface area contributed by atoms with Gasteiger partial charge < -0.3 is 0 Å². The van der Waals surface area contributed by atoms with Crippen molar-refractivity contribution in [2.45, 2.75) is 59.8 Å². The highest BCUT2D eigenvalue weighted by Gasteiger charge is 2.57. The van der Waals surface area contributed by atoms with Crippen molar-refractivity contribution >= 4 is 11.6 Å². The van der Waals surface area contributed by atoms with Crippen LogP contribution in [0.2, 0.25) is 0 Å². The summed E-state index contributed by atoms with van der Waals surface area (Å²) in [4.78, 5) is 24.1. The third kappa shape index (κ3) is 1.95. The van der Waals surface area contributed by atoms with E-state index in [-0.39, 0.29) is 22.4 Å². The normalized spacial score (nSPS) is 43.9. The van der Waals surface area contributed by atoms with E-state index in [4.69, 9.17) is 0 Å². The zero-order valence-electron chi connectivity index (χ0n) is 15.3. The highest BCUT2D eigenvalue weighted by Crippen LogP contribution is 2.64. The molecule has 0 aromatic heterocycles. The average Bonchev–Trinajstić information content (AvgIpc) is 2.78. The van der Waals surface area contributed by atoms with E-state index >= 15 is 0 Å². The van der Waals surface area contributed by atoms with Gasteiger partial charge >= 0.3 is 0 Å². The molecule has 24 heavy (non-hydrogen) atoms. The van der Waals surface area contributed by atoms with E-state index in [1.54, 1.807) is 6.92 Å². The van der Waals surface area contributed by atoms with Gasteiger partial charge in [-0.15, -0.1) is 0 Å². The lowest BCUT2D eigenvalue weighted by atomic mass is 9.48. The maximum Gasteiger partial charge on any atom is 0.156 e. The number of ketones is 2. The molecule has 2 heteroatoms. The summed E-state index contributed by atoms with van der Waals surface area (Å²) in [6, 6.07) is 0. The van der Waals surface area contributed by atoms with Crippen LogP contribution in [0.4, 0.5) is 0 Å². The summed E-state index contributed by atoms with van der Waals surface area (Å²) in [5, 5.41) is 0. The predicted octanol–water partition coefficient (Wildman–Crippen LogP) is 4.81. The lowest BCUT2D eigenvalue weighted by Crippen LogP contribution is -2.48. The smallest absolute Gasteiger partial charge is 0.156 e. The standard InChI is InChI=1S/C22H28O2/c1-13-11-19-17-6-5-15-12-16(24)7-9-21(15,3)18(17)8-10-22(19,4)20(13)14(2)23/h5-6,12,17-19H,7-11H2,1-4H3/t17-,18+,19+,21+,22+/m1/s1. The molecule has 0 aromatic carbocycles. The van der Waals surface area contributed by atoms with Gasteiger partial charge in [-0.25, -0.2) is 0 Å². The van der Waals surface area contributed by atoms with Crippen LogP contribution in [0, 0.1) is 28.6 Å². The Kier molecular flexibility index (Phi) is 3.37. The molecular formula is C22H28O2. The number of fused-ring (bicyclic) bond motifs is 5. The van der Waals surface area contributed by atoms with Crippen molar-refractivity contribution in [3.63, 3.8) is 0 Å². The fourth-order valence-electron chi connectivity index (χ4n) is 6.63. The van der Waals surface area contributed by atoms with Crippen molar-refractivity contribution < 1.29 is 9.59 Å². The fourth-order valence-corrected chi connectivity index (χ4v) is 6.63. The van der Waals surface area contributed by atoms with Crippen LogP contribution in [-0.2, 0) is 9.59 Å². The molecule has 0 saturated heterocycles. The molecule has 0 aliphatic heterocycles. The lowest BCUT2D eigenvalue weighted by molar-refractivity contribution is -0.117. The Morgan fingerprint density at radius 1 is 1.17 bits per heavy atom. The summed E-state index contributed by atoms with van der Waals surface area (Å²) < 4.78 is 0. The monoisotopic (exact) mass is 324 g/mol. The van der Waals surface area contributed by atoms with Gasteiger partial charge in [-0.3, -0.25) is 9.59 Å². The Balaban J connectivity index is 1.76. The molecular weight excluding hydrogens is 296 g/mol.